The van der Waals surface area contributed by atoms with E-state index in [0.717, 1.165) is 25.7 Å². The van der Waals surface area contributed by atoms with Crippen LogP contribution in [-0.4, -0.2) is 31.0 Å². The normalized spacial score (nSPS) is 14.0. The Hall–Kier alpha value is -3.24. The molecule has 1 saturated heterocycles. The van der Waals surface area contributed by atoms with Crippen LogP contribution in [0, 0.1) is 23.0 Å². The molecule has 1 fully saturated rings. The van der Waals surface area contributed by atoms with Gasteiger partial charge in [-0.3, -0.25) is 4.79 Å². The summed E-state index contributed by atoms with van der Waals surface area (Å²) in [5.74, 6) is -1.09. The highest BCUT2D eigenvalue weighted by atomic mass is 32.1. The molecule has 1 aromatic heterocycles. The topological polar surface area (TPSA) is 53.3 Å². The van der Waals surface area contributed by atoms with E-state index in [2.05, 4.69) is 0 Å². The van der Waals surface area contributed by atoms with Crippen molar-refractivity contribution in [1.82, 2.24) is 4.90 Å². The third-order valence-electron chi connectivity index (χ3n) is 5.65. The number of likely N-dealkylation sites (tertiary alicyclic amines) is 1. The highest BCUT2D eigenvalue weighted by Gasteiger charge is 2.23. The zero-order chi connectivity index (χ0) is 22.7. The zero-order valence-electron chi connectivity index (χ0n) is 17.7. The van der Waals surface area contributed by atoms with Crippen molar-refractivity contribution in [1.29, 1.82) is 5.26 Å². The molecule has 164 valence electrons. The van der Waals surface area contributed by atoms with E-state index in [4.69, 9.17) is 10.00 Å². The van der Waals surface area contributed by atoms with Gasteiger partial charge in [-0.15, -0.1) is 11.3 Å². The summed E-state index contributed by atoms with van der Waals surface area (Å²) in [5, 5.41) is 9.04. The number of carbonyl (C=O) groups excluding carboxylic acids is 1. The van der Waals surface area contributed by atoms with E-state index >= 15 is 0 Å². The summed E-state index contributed by atoms with van der Waals surface area (Å²) in [6, 6.07) is 12.5. The molecule has 1 aliphatic rings. The third kappa shape index (κ3) is 4.37. The Morgan fingerprint density at radius 1 is 1.00 bits per heavy atom. The summed E-state index contributed by atoms with van der Waals surface area (Å²) in [6.07, 6.45) is 4.17. The van der Waals surface area contributed by atoms with Crippen LogP contribution in [0.1, 0.15) is 40.9 Å². The van der Waals surface area contributed by atoms with Gasteiger partial charge in [0.25, 0.3) is 5.91 Å². The lowest BCUT2D eigenvalue weighted by molar-refractivity contribution is 0.0766. The van der Waals surface area contributed by atoms with Crippen LogP contribution in [0.2, 0.25) is 0 Å². The minimum atomic E-state index is -0.636. The number of halogens is 2. The number of carbonyl (C=O) groups is 1. The van der Waals surface area contributed by atoms with E-state index in [9.17, 15) is 13.6 Å². The summed E-state index contributed by atoms with van der Waals surface area (Å²) in [5.41, 5.74) is 1.67. The molecule has 0 radical (unpaired) electrons. The number of hydrogen-bond donors (Lipinski definition) is 0. The van der Waals surface area contributed by atoms with Crippen LogP contribution >= 0.6 is 11.3 Å². The lowest BCUT2D eigenvalue weighted by Crippen LogP contribution is -2.31. The van der Waals surface area contributed by atoms with Crippen molar-refractivity contribution >= 4 is 17.2 Å². The largest absolute Gasteiger partial charge is 0.494 e. The Balaban J connectivity index is 1.81. The van der Waals surface area contributed by atoms with Crippen molar-refractivity contribution in [3.05, 3.63) is 64.5 Å². The summed E-state index contributed by atoms with van der Waals surface area (Å²) in [4.78, 5) is 16.3. The highest BCUT2D eigenvalue weighted by Crippen LogP contribution is 2.41. The molecule has 0 unspecified atom stereocenters. The van der Waals surface area contributed by atoms with Gasteiger partial charge in [-0.1, -0.05) is 18.9 Å². The van der Waals surface area contributed by atoms with E-state index in [1.165, 1.54) is 42.7 Å². The van der Waals surface area contributed by atoms with Crippen molar-refractivity contribution in [2.45, 2.75) is 25.7 Å². The first-order chi connectivity index (χ1) is 15.5. The highest BCUT2D eigenvalue weighted by molar-refractivity contribution is 7.18. The molecule has 0 bridgehead atoms. The second-order valence-electron chi connectivity index (χ2n) is 7.72. The molecule has 7 heteroatoms. The van der Waals surface area contributed by atoms with Gasteiger partial charge in [-0.25, -0.2) is 8.78 Å². The number of rotatable bonds is 4. The first-order valence-electron chi connectivity index (χ1n) is 10.5. The Labute approximate surface area is 189 Å². The summed E-state index contributed by atoms with van der Waals surface area (Å²) >= 11 is 1.27. The minimum Gasteiger partial charge on any atom is -0.494 e. The molecule has 2 aromatic carbocycles. The van der Waals surface area contributed by atoms with Gasteiger partial charge in [-0.05, 0) is 60.4 Å². The molecule has 4 nitrogen and oxygen atoms in total. The Morgan fingerprint density at radius 3 is 2.31 bits per heavy atom. The molecule has 2 heterocycles. The molecule has 3 aromatic rings. The van der Waals surface area contributed by atoms with Crippen LogP contribution in [0.4, 0.5) is 8.78 Å². The predicted molar refractivity (Wildman–Crippen MR) is 121 cm³/mol. The van der Waals surface area contributed by atoms with E-state index in [1.54, 1.807) is 18.2 Å². The maximum absolute atomic E-state index is 14.4. The van der Waals surface area contributed by atoms with Crippen LogP contribution in [0.25, 0.3) is 21.6 Å². The van der Waals surface area contributed by atoms with Gasteiger partial charge in [0.1, 0.15) is 11.9 Å². The maximum atomic E-state index is 14.4. The van der Waals surface area contributed by atoms with Crippen molar-refractivity contribution < 1.29 is 18.3 Å². The lowest BCUT2D eigenvalue weighted by Gasteiger charge is -2.19. The molecule has 0 atom stereocenters. The second-order valence-corrected chi connectivity index (χ2v) is 8.77. The van der Waals surface area contributed by atoms with E-state index in [1.807, 2.05) is 11.0 Å². The van der Waals surface area contributed by atoms with Crippen LogP contribution in [-0.2, 0) is 0 Å². The van der Waals surface area contributed by atoms with Gasteiger partial charge in [-0.2, -0.15) is 5.26 Å². The average molecular weight is 453 g/mol. The van der Waals surface area contributed by atoms with Gasteiger partial charge < -0.3 is 9.64 Å². The number of amides is 1. The van der Waals surface area contributed by atoms with Crippen LogP contribution in [0.15, 0.2) is 42.5 Å². The summed E-state index contributed by atoms with van der Waals surface area (Å²) in [7, 11) is 1.39. The van der Waals surface area contributed by atoms with Gasteiger partial charge >= 0.3 is 0 Å². The molecule has 4 rings (SSSR count). The zero-order valence-corrected chi connectivity index (χ0v) is 18.5. The molecule has 0 spiro atoms. The van der Waals surface area contributed by atoms with Crippen LogP contribution in [0.5, 0.6) is 5.75 Å². The second kappa shape index (κ2) is 9.49. The monoisotopic (exact) mass is 452 g/mol. The predicted octanol–water partition coefficient (Wildman–Crippen LogP) is 6.26. The fourth-order valence-electron chi connectivity index (χ4n) is 3.94. The maximum Gasteiger partial charge on any atom is 0.263 e. The van der Waals surface area contributed by atoms with E-state index in [-0.39, 0.29) is 17.2 Å². The smallest absolute Gasteiger partial charge is 0.263 e. The van der Waals surface area contributed by atoms with Crippen LogP contribution in [0.3, 0.4) is 0 Å². The molecule has 1 aliphatic heterocycles. The SMILES string of the molecule is COc1ccc(-c2sc(C(=O)N3CCCCCC3)cc2-c2ccc(C#N)c(F)c2)cc1F. The number of thiophene rings is 1. The summed E-state index contributed by atoms with van der Waals surface area (Å²) in [6.45, 7) is 1.42. The minimum absolute atomic E-state index is 0.0538. The van der Waals surface area contributed by atoms with Crippen molar-refractivity contribution in [2.24, 2.45) is 0 Å². The van der Waals surface area contributed by atoms with E-state index in [0.29, 0.717) is 39.5 Å². The quantitative estimate of drug-likeness (QED) is 0.470. The first-order valence-corrected chi connectivity index (χ1v) is 11.3. The number of hydrogen-bond acceptors (Lipinski definition) is 4. The number of nitriles is 1. The molecular formula is C25H22F2N2O2S. The Bertz CT molecular complexity index is 1190. The molecule has 1 amide bonds. The number of nitrogens with zero attached hydrogens (tertiary/aromatic N) is 2. The summed E-state index contributed by atoms with van der Waals surface area (Å²) < 4.78 is 33.8. The fraction of sp³-hybridized carbons (Fsp3) is 0.280. The van der Waals surface area contributed by atoms with E-state index < -0.39 is 11.6 Å². The van der Waals surface area contributed by atoms with Crippen molar-refractivity contribution in [3.8, 4) is 33.4 Å². The van der Waals surface area contributed by atoms with Gasteiger partial charge in [0.15, 0.2) is 11.6 Å². The van der Waals surface area contributed by atoms with Crippen LogP contribution < -0.4 is 4.74 Å². The molecular weight excluding hydrogens is 430 g/mol. The molecule has 32 heavy (non-hydrogen) atoms. The lowest BCUT2D eigenvalue weighted by atomic mass is 10.0. The van der Waals surface area contributed by atoms with Crippen molar-refractivity contribution in [3.63, 3.8) is 0 Å². The fourth-order valence-corrected chi connectivity index (χ4v) is 5.08. The molecule has 0 N–H and O–H groups in total. The number of benzene rings is 2. The number of ether oxygens (including phenoxy) is 1. The van der Waals surface area contributed by atoms with Gasteiger partial charge in [0, 0.05) is 23.5 Å². The van der Waals surface area contributed by atoms with Gasteiger partial charge in [0.05, 0.1) is 17.6 Å². The molecule has 0 aliphatic carbocycles. The number of methoxy groups -OCH3 is 1. The Morgan fingerprint density at radius 2 is 1.69 bits per heavy atom. The Kier molecular flexibility index (Phi) is 6.52. The first kappa shape index (κ1) is 22.0. The average Bonchev–Trinajstić information content (AvgIpc) is 3.06. The molecule has 0 saturated carbocycles. The van der Waals surface area contributed by atoms with Gasteiger partial charge in [0.2, 0.25) is 0 Å². The van der Waals surface area contributed by atoms with Crippen molar-refractivity contribution in [2.75, 3.05) is 20.2 Å². The standard InChI is InChI=1S/C25H22F2N2O2S/c1-31-22-9-8-17(13-21(22)27)24-19(16-6-7-18(15-28)20(26)12-16)14-23(32-24)25(30)29-10-4-2-3-5-11-29/h6-9,12-14H,2-5,10-11H2,1H3. The third-order valence-corrected chi connectivity index (χ3v) is 6.82.